The number of nitrogens with two attached hydrogens (primary N) is 1. The van der Waals surface area contributed by atoms with Gasteiger partial charge in [-0.05, 0) is 5.92 Å². The molecule has 0 saturated heterocycles. The summed E-state index contributed by atoms with van der Waals surface area (Å²) in [7, 11) is 1.45. The minimum Gasteiger partial charge on any atom is -0.383 e. The first-order valence-corrected chi connectivity index (χ1v) is 6.72. The number of nitrogens with zero attached hydrogens (tertiary/aromatic N) is 3. The van der Waals surface area contributed by atoms with Crippen molar-refractivity contribution in [3.8, 4) is 0 Å². The van der Waals surface area contributed by atoms with Gasteiger partial charge in [0.2, 0.25) is 0 Å². The van der Waals surface area contributed by atoms with Crippen LogP contribution in [0.25, 0.3) is 0 Å². The van der Waals surface area contributed by atoms with Crippen molar-refractivity contribution in [2.75, 3.05) is 11.1 Å². The van der Waals surface area contributed by atoms with Crippen LogP contribution in [0.5, 0.6) is 0 Å². The minimum absolute atomic E-state index is 0.0893. The minimum atomic E-state index is -0.619. The van der Waals surface area contributed by atoms with Crippen LogP contribution in [0, 0.1) is 5.92 Å². The van der Waals surface area contributed by atoms with Crippen LogP contribution in [0.4, 0.5) is 11.5 Å². The van der Waals surface area contributed by atoms with Crippen LogP contribution >= 0.6 is 0 Å². The van der Waals surface area contributed by atoms with E-state index < -0.39 is 17.2 Å². The van der Waals surface area contributed by atoms with Crippen molar-refractivity contribution in [3.05, 3.63) is 38.8 Å². The molecule has 0 fully saturated rings. The van der Waals surface area contributed by atoms with Gasteiger partial charge < -0.3 is 11.1 Å². The van der Waals surface area contributed by atoms with Gasteiger partial charge in [0.05, 0.1) is 11.8 Å². The van der Waals surface area contributed by atoms with E-state index in [0.29, 0.717) is 0 Å². The van der Waals surface area contributed by atoms with E-state index in [0.717, 1.165) is 9.13 Å². The fourth-order valence-corrected chi connectivity index (χ4v) is 1.99. The Balaban J connectivity index is 2.51. The van der Waals surface area contributed by atoms with Gasteiger partial charge in [-0.25, -0.2) is 4.79 Å². The molecule has 2 aromatic rings. The highest BCUT2D eigenvalue weighted by molar-refractivity contribution is 6.05. The molecule has 0 aromatic carbocycles. The summed E-state index contributed by atoms with van der Waals surface area (Å²) in [5, 5.41) is 8.61. The largest absolute Gasteiger partial charge is 0.383 e. The third-order valence-corrected chi connectivity index (χ3v) is 3.14. The van der Waals surface area contributed by atoms with Crippen LogP contribution in [0.3, 0.4) is 0 Å². The molecule has 0 unspecified atom stereocenters. The number of hydrogen-bond donors (Lipinski definition) is 3. The van der Waals surface area contributed by atoms with E-state index in [4.69, 9.17) is 5.73 Å². The van der Waals surface area contributed by atoms with Crippen molar-refractivity contribution < 1.29 is 4.79 Å². The van der Waals surface area contributed by atoms with Crippen molar-refractivity contribution in [1.29, 1.82) is 0 Å². The van der Waals surface area contributed by atoms with Gasteiger partial charge in [0.25, 0.3) is 11.5 Å². The number of hydrogen-bond acceptors (Lipinski definition) is 5. The van der Waals surface area contributed by atoms with Gasteiger partial charge in [-0.15, -0.1) is 0 Å². The van der Waals surface area contributed by atoms with E-state index in [1.165, 1.54) is 19.4 Å². The van der Waals surface area contributed by atoms with Gasteiger partial charge in [0.1, 0.15) is 11.5 Å². The van der Waals surface area contributed by atoms with Crippen molar-refractivity contribution in [3.63, 3.8) is 0 Å². The molecule has 9 heteroatoms. The van der Waals surface area contributed by atoms with Crippen molar-refractivity contribution in [2.45, 2.75) is 20.4 Å². The molecule has 2 heterocycles. The molecule has 0 radical (unpaired) electrons. The third-order valence-electron chi connectivity index (χ3n) is 3.14. The lowest BCUT2D eigenvalue weighted by Crippen LogP contribution is -2.42. The van der Waals surface area contributed by atoms with Crippen LogP contribution < -0.4 is 22.3 Å². The highest BCUT2D eigenvalue weighted by Gasteiger charge is 2.18. The van der Waals surface area contributed by atoms with Crippen LogP contribution in [-0.4, -0.2) is 25.2 Å². The molecular formula is C13H18N6O3. The molecule has 2 aromatic heterocycles. The zero-order valence-electron chi connectivity index (χ0n) is 12.6. The molecule has 0 bridgehead atoms. The van der Waals surface area contributed by atoms with Crippen LogP contribution in [0.15, 0.2) is 22.0 Å². The van der Waals surface area contributed by atoms with Gasteiger partial charge >= 0.3 is 5.69 Å². The van der Waals surface area contributed by atoms with E-state index in [2.05, 4.69) is 15.5 Å². The summed E-state index contributed by atoms with van der Waals surface area (Å²) in [5.74, 6) is -0.536. The van der Waals surface area contributed by atoms with Gasteiger partial charge in [0.15, 0.2) is 0 Å². The summed E-state index contributed by atoms with van der Waals surface area (Å²) in [6.45, 7) is 4.00. The number of amides is 1. The maximum atomic E-state index is 12.4. The summed E-state index contributed by atoms with van der Waals surface area (Å²) in [6.07, 6.45) is 2.71. The molecule has 1 amide bonds. The summed E-state index contributed by atoms with van der Waals surface area (Å²) in [6, 6.07) is 0. The van der Waals surface area contributed by atoms with Gasteiger partial charge in [-0.1, -0.05) is 13.8 Å². The Morgan fingerprint density at radius 2 is 2.14 bits per heavy atom. The zero-order valence-corrected chi connectivity index (χ0v) is 12.6. The second kappa shape index (κ2) is 5.88. The SMILES string of the molecule is CC(C)Cn1c(=O)c(NC(=O)c2cn[nH]c2)c(N)n(C)c1=O. The first-order valence-electron chi connectivity index (χ1n) is 6.72. The number of aromatic amines is 1. The number of aromatic nitrogens is 4. The fourth-order valence-electron chi connectivity index (χ4n) is 1.99. The summed E-state index contributed by atoms with van der Waals surface area (Å²) < 4.78 is 2.20. The number of carbonyl (C=O) groups is 1. The number of H-pyrrole nitrogens is 1. The van der Waals surface area contributed by atoms with E-state index in [1.807, 2.05) is 13.8 Å². The molecule has 0 saturated carbocycles. The number of nitrogen functional groups attached to an aromatic ring is 1. The topological polar surface area (TPSA) is 128 Å². The summed E-state index contributed by atoms with van der Waals surface area (Å²) >= 11 is 0. The predicted octanol–water partition coefficient (Wildman–Crippen LogP) is -0.239. The first kappa shape index (κ1) is 15.5. The Labute approximate surface area is 125 Å². The lowest BCUT2D eigenvalue weighted by atomic mass is 10.2. The van der Waals surface area contributed by atoms with Crippen molar-refractivity contribution >= 4 is 17.4 Å². The van der Waals surface area contributed by atoms with Crippen molar-refractivity contribution in [2.24, 2.45) is 13.0 Å². The van der Waals surface area contributed by atoms with Crippen LogP contribution in [0.2, 0.25) is 0 Å². The van der Waals surface area contributed by atoms with E-state index in [-0.39, 0.29) is 29.5 Å². The molecule has 22 heavy (non-hydrogen) atoms. The van der Waals surface area contributed by atoms with E-state index >= 15 is 0 Å². The third kappa shape index (κ3) is 2.78. The monoisotopic (exact) mass is 306 g/mol. The summed E-state index contributed by atoms with van der Waals surface area (Å²) in [5.41, 5.74) is 4.80. The standard InChI is InChI=1S/C13H18N6O3/c1-7(2)6-19-12(21)9(10(14)18(3)13(19)22)17-11(20)8-4-15-16-5-8/h4-5,7H,6,14H2,1-3H3,(H,15,16)(H,17,20). The Bertz CT molecular complexity index is 800. The predicted molar refractivity (Wildman–Crippen MR) is 81.7 cm³/mol. The lowest BCUT2D eigenvalue weighted by molar-refractivity contribution is 0.102. The number of nitrogens with one attached hydrogen (secondary N) is 2. The Hall–Kier alpha value is -2.84. The molecule has 2 rings (SSSR count). The average molecular weight is 306 g/mol. The molecule has 0 atom stereocenters. The Morgan fingerprint density at radius 1 is 1.45 bits per heavy atom. The molecule has 0 spiro atoms. The van der Waals surface area contributed by atoms with E-state index in [1.54, 1.807) is 0 Å². The molecule has 118 valence electrons. The molecule has 0 aliphatic heterocycles. The van der Waals surface area contributed by atoms with Gasteiger partial charge in [-0.2, -0.15) is 5.10 Å². The number of rotatable bonds is 4. The normalized spacial score (nSPS) is 10.9. The maximum absolute atomic E-state index is 12.4. The average Bonchev–Trinajstić information content (AvgIpc) is 3.00. The first-order chi connectivity index (χ1) is 10.3. The van der Waals surface area contributed by atoms with E-state index in [9.17, 15) is 14.4 Å². The number of anilines is 2. The lowest BCUT2D eigenvalue weighted by Gasteiger charge is -2.15. The van der Waals surface area contributed by atoms with Crippen LogP contribution in [-0.2, 0) is 13.6 Å². The number of carbonyl (C=O) groups excluding carboxylic acids is 1. The Morgan fingerprint density at radius 3 is 2.68 bits per heavy atom. The zero-order chi connectivity index (χ0) is 16.4. The molecule has 9 nitrogen and oxygen atoms in total. The van der Waals surface area contributed by atoms with Crippen LogP contribution in [0.1, 0.15) is 24.2 Å². The quantitative estimate of drug-likeness (QED) is 0.718. The second-order valence-corrected chi connectivity index (χ2v) is 5.35. The Kier molecular flexibility index (Phi) is 4.15. The molecular weight excluding hydrogens is 288 g/mol. The smallest absolute Gasteiger partial charge is 0.332 e. The fraction of sp³-hybridized carbons (Fsp3) is 0.385. The van der Waals surface area contributed by atoms with Gasteiger partial charge in [-0.3, -0.25) is 23.8 Å². The van der Waals surface area contributed by atoms with Crippen molar-refractivity contribution in [1.82, 2.24) is 19.3 Å². The molecule has 4 N–H and O–H groups in total. The van der Waals surface area contributed by atoms with Gasteiger partial charge in [0, 0.05) is 19.8 Å². The molecule has 0 aliphatic carbocycles. The maximum Gasteiger partial charge on any atom is 0.332 e. The molecule has 0 aliphatic rings. The summed E-state index contributed by atoms with van der Waals surface area (Å²) in [4.78, 5) is 36.6. The second-order valence-electron chi connectivity index (χ2n) is 5.35. The highest BCUT2D eigenvalue weighted by atomic mass is 16.2. The highest BCUT2D eigenvalue weighted by Crippen LogP contribution is 2.11.